The van der Waals surface area contributed by atoms with Crippen molar-refractivity contribution in [2.75, 3.05) is 11.9 Å². The largest absolute Gasteiger partial charge is 0.508 e. The normalized spacial score (nSPS) is 11.9. The summed E-state index contributed by atoms with van der Waals surface area (Å²) in [5.74, 6) is -1.01. The predicted octanol–water partition coefficient (Wildman–Crippen LogP) is 2.96. The van der Waals surface area contributed by atoms with Gasteiger partial charge in [-0.1, -0.05) is 29.8 Å². The van der Waals surface area contributed by atoms with Gasteiger partial charge < -0.3 is 15.1 Å². The fourth-order valence-electron chi connectivity index (χ4n) is 2.21. The first kappa shape index (κ1) is 13.9. The first-order valence-electron chi connectivity index (χ1n) is 6.31. The van der Waals surface area contributed by atoms with Crippen molar-refractivity contribution < 1.29 is 15.0 Å². The fraction of sp³-hybridized carbons (Fsp3) is 0.188. The number of aromatic hydroxyl groups is 1. The molecule has 2 rings (SSSR count). The van der Waals surface area contributed by atoms with Crippen LogP contribution in [0.1, 0.15) is 17.2 Å². The summed E-state index contributed by atoms with van der Waals surface area (Å²) in [6.45, 7) is 1.87. The van der Waals surface area contributed by atoms with E-state index in [0.29, 0.717) is 5.56 Å². The Hall–Kier alpha value is -2.49. The van der Waals surface area contributed by atoms with E-state index in [2.05, 4.69) is 0 Å². The van der Waals surface area contributed by atoms with Crippen molar-refractivity contribution in [3.63, 3.8) is 0 Å². The molecule has 0 radical (unpaired) electrons. The third kappa shape index (κ3) is 2.74. The SMILES string of the molecule is Cc1ccc(O)c(C(C(=O)O)N(C)c2ccccc2)c1. The molecule has 4 nitrogen and oxygen atoms in total. The number of phenols is 1. The van der Waals surface area contributed by atoms with Crippen molar-refractivity contribution >= 4 is 11.7 Å². The quantitative estimate of drug-likeness (QED) is 0.897. The Bertz CT molecular complexity index is 610. The number of aliphatic carboxylic acids is 1. The van der Waals surface area contributed by atoms with Gasteiger partial charge in [0.05, 0.1) is 0 Å². The number of hydrogen-bond donors (Lipinski definition) is 2. The second-order valence-corrected chi connectivity index (χ2v) is 4.75. The monoisotopic (exact) mass is 271 g/mol. The molecule has 4 heteroatoms. The van der Waals surface area contributed by atoms with Gasteiger partial charge in [-0.15, -0.1) is 0 Å². The number of phenolic OH excluding ortho intramolecular Hbond substituents is 1. The maximum absolute atomic E-state index is 11.6. The molecule has 20 heavy (non-hydrogen) atoms. The van der Waals surface area contributed by atoms with Gasteiger partial charge >= 0.3 is 5.97 Å². The lowest BCUT2D eigenvalue weighted by Gasteiger charge is -2.27. The molecule has 2 aromatic rings. The highest BCUT2D eigenvalue weighted by Gasteiger charge is 2.27. The summed E-state index contributed by atoms with van der Waals surface area (Å²) in [4.78, 5) is 13.3. The van der Waals surface area contributed by atoms with E-state index in [1.54, 1.807) is 24.1 Å². The van der Waals surface area contributed by atoms with E-state index in [9.17, 15) is 15.0 Å². The lowest BCUT2D eigenvalue weighted by molar-refractivity contribution is -0.138. The van der Waals surface area contributed by atoms with Gasteiger partial charge in [-0.05, 0) is 31.2 Å². The summed E-state index contributed by atoms with van der Waals surface area (Å²) in [7, 11) is 1.70. The molecule has 2 aromatic carbocycles. The van der Waals surface area contributed by atoms with Gasteiger partial charge in [0.15, 0.2) is 6.04 Å². The average Bonchev–Trinajstić information content (AvgIpc) is 2.43. The van der Waals surface area contributed by atoms with Crippen LogP contribution >= 0.6 is 0 Å². The molecule has 0 spiro atoms. The van der Waals surface area contributed by atoms with Gasteiger partial charge in [-0.25, -0.2) is 4.79 Å². The number of para-hydroxylation sites is 1. The number of anilines is 1. The number of rotatable bonds is 4. The van der Waals surface area contributed by atoms with Gasteiger partial charge in [0.25, 0.3) is 0 Å². The molecule has 0 saturated heterocycles. The Morgan fingerprint density at radius 2 is 1.80 bits per heavy atom. The smallest absolute Gasteiger partial charge is 0.331 e. The molecular formula is C16H17NO3. The maximum Gasteiger partial charge on any atom is 0.331 e. The Morgan fingerprint density at radius 3 is 2.40 bits per heavy atom. The molecule has 0 heterocycles. The molecule has 0 aliphatic carbocycles. The Morgan fingerprint density at radius 1 is 1.15 bits per heavy atom. The summed E-state index contributed by atoms with van der Waals surface area (Å²) >= 11 is 0. The minimum Gasteiger partial charge on any atom is -0.508 e. The van der Waals surface area contributed by atoms with Crippen molar-refractivity contribution in [2.45, 2.75) is 13.0 Å². The molecule has 104 valence electrons. The lowest BCUT2D eigenvalue weighted by Crippen LogP contribution is -2.30. The third-order valence-corrected chi connectivity index (χ3v) is 3.26. The molecule has 0 bridgehead atoms. The maximum atomic E-state index is 11.6. The summed E-state index contributed by atoms with van der Waals surface area (Å²) in [6, 6.07) is 13.3. The van der Waals surface area contributed by atoms with E-state index >= 15 is 0 Å². The Labute approximate surface area is 117 Å². The number of benzene rings is 2. The zero-order valence-electron chi connectivity index (χ0n) is 11.4. The van der Waals surface area contributed by atoms with E-state index in [1.165, 1.54) is 6.07 Å². The minimum absolute atomic E-state index is 0.00854. The van der Waals surface area contributed by atoms with Gasteiger partial charge in [-0.3, -0.25) is 0 Å². The van der Waals surface area contributed by atoms with Gasteiger partial charge in [0.1, 0.15) is 5.75 Å². The summed E-state index contributed by atoms with van der Waals surface area (Å²) in [5.41, 5.74) is 2.08. The van der Waals surface area contributed by atoms with Crippen LogP contribution in [0.15, 0.2) is 48.5 Å². The topological polar surface area (TPSA) is 60.8 Å². The molecule has 0 aromatic heterocycles. The second-order valence-electron chi connectivity index (χ2n) is 4.75. The molecule has 1 atom stereocenters. The number of likely N-dealkylation sites (N-methyl/N-ethyl adjacent to an activating group) is 1. The highest BCUT2D eigenvalue weighted by atomic mass is 16.4. The summed E-state index contributed by atoms with van der Waals surface area (Å²) in [6.07, 6.45) is 0. The summed E-state index contributed by atoms with van der Waals surface area (Å²) < 4.78 is 0. The van der Waals surface area contributed by atoms with E-state index in [4.69, 9.17) is 0 Å². The predicted molar refractivity (Wildman–Crippen MR) is 78.1 cm³/mol. The fourth-order valence-corrected chi connectivity index (χ4v) is 2.21. The Kier molecular flexibility index (Phi) is 3.94. The number of carboxylic acids is 1. The number of hydrogen-bond acceptors (Lipinski definition) is 3. The van der Waals surface area contributed by atoms with Crippen LogP contribution in [0.25, 0.3) is 0 Å². The van der Waals surface area contributed by atoms with Crippen LogP contribution in [-0.2, 0) is 4.79 Å². The molecule has 1 unspecified atom stereocenters. The Balaban J connectivity index is 2.47. The van der Waals surface area contributed by atoms with Crippen LogP contribution in [-0.4, -0.2) is 23.2 Å². The van der Waals surface area contributed by atoms with E-state index < -0.39 is 12.0 Å². The molecule has 0 amide bonds. The molecule has 2 N–H and O–H groups in total. The highest BCUT2D eigenvalue weighted by Crippen LogP contribution is 2.32. The van der Waals surface area contributed by atoms with Gasteiger partial charge in [0, 0.05) is 18.3 Å². The number of nitrogens with zero attached hydrogens (tertiary/aromatic N) is 1. The van der Waals surface area contributed by atoms with E-state index in [0.717, 1.165) is 11.3 Å². The zero-order chi connectivity index (χ0) is 14.7. The molecular weight excluding hydrogens is 254 g/mol. The van der Waals surface area contributed by atoms with Crippen molar-refractivity contribution in [3.8, 4) is 5.75 Å². The molecule has 0 aliphatic heterocycles. The van der Waals surface area contributed by atoms with Crippen LogP contribution < -0.4 is 4.90 Å². The number of aryl methyl sites for hydroxylation is 1. The minimum atomic E-state index is -1.00. The summed E-state index contributed by atoms with van der Waals surface area (Å²) in [5, 5.41) is 19.5. The van der Waals surface area contributed by atoms with Crippen LogP contribution in [0.2, 0.25) is 0 Å². The zero-order valence-corrected chi connectivity index (χ0v) is 11.4. The molecule has 0 fully saturated rings. The molecule has 0 saturated carbocycles. The standard InChI is InChI=1S/C16H17NO3/c1-11-8-9-14(18)13(10-11)15(16(19)20)17(2)12-6-4-3-5-7-12/h3-10,15,18H,1-2H3,(H,19,20). The first-order valence-corrected chi connectivity index (χ1v) is 6.31. The van der Waals surface area contributed by atoms with Crippen molar-refractivity contribution in [1.29, 1.82) is 0 Å². The van der Waals surface area contributed by atoms with E-state index in [1.807, 2.05) is 37.3 Å². The first-order chi connectivity index (χ1) is 9.50. The van der Waals surface area contributed by atoms with Crippen LogP contribution in [0.4, 0.5) is 5.69 Å². The lowest BCUT2D eigenvalue weighted by atomic mass is 10.0. The van der Waals surface area contributed by atoms with Crippen molar-refractivity contribution in [3.05, 3.63) is 59.7 Å². The molecule has 0 aliphatic rings. The second kappa shape index (κ2) is 5.65. The highest BCUT2D eigenvalue weighted by molar-refractivity contribution is 5.81. The van der Waals surface area contributed by atoms with E-state index in [-0.39, 0.29) is 5.75 Å². The number of carbonyl (C=O) groups is 1. The van der Waals surface area contributed by atoms with Crippen molar-refractivity contribution in [1.82, 2.24) is 0 Å². The van der Waals surface area contributed by atoms with Crippen LogP contribution in [0.5, 0.6) is 5.75 Å². The van der Waals surface area contributed by atoms with Crippen molar-refractivity contribution in [2.24, 2.45) is 0 Å². The van der Waals surface area contributed by atoms with Crippen LogP contribution in [0, 0.1) is 6.92 Å². The number of carboxylic acid groups (broad SMARTS) is 1. The third-order valence-electron chi connectivity index (χ3n) is 3.26. The van der Waals surface area contributed by atoms with Gasteiger partial charge in [-0.2, -0.15) is 0 Å². The van der Waals surface area contributed by atoms with Gasteiger partial charge in [0.2, 0.25) is 0 Å². The average molecular weight is 271 g/mol. The van der Waals surface area contributed by atoms with Crippen LogP contribution in [0.3, 0.4) is 0 Å².